The Morgan fingerprint density at radius 1 is 0.562 bits per heavy atom. The van der Waals surface area contributed by atoms with Crippen LogP contribution in [0, 0.1) is 5.41 Å². The lowest BCUT2D eigenvalue weighted by atomic mass is 9.87. The van der Waals surface area contributed by atoms with Crippen molar-refractivity contribution in [2.75, 3.05) is 72.1 Å². The third kappa shape index (κ3) is 11.4. The van der Waals surface area contributed by atoms with Crippen molar-refractivity contribution >= 4 is 8.56 Å². The second kappa shape index (κ2) is 18.4. The highest BCUT2D eigenvalue weighted by atomic mass is 28.4. The van der Waals surface area contributed by atoms with Crippen molar-refractivity contribution in [1.82, 2.24) is 14.7 Å². The Morgan fingerprint density at radius 2 is 0.906 bits per heavy atom. The molecule has 0 aromatic heterocycles. The predicted octanol–water partition coefficient (Wildman–Crippen LogP) is 5.70. The van der Waals surface area contributed by atoms with Gasteiger partial charge in [-0.05, 0) is 78.4 Å². The van der Waals surface area contributed by atoms with Gasteiger partial charge in [0.1, 0.15) is 0 Å². The van der Waals surface area contributed by atoms with E-state index in [0.29, 0.717) is 0 Å². The van der Waals surface area contributed by atoms with Crippen molar-refractivity contribution in [2.24, 2.45) is 5.41 Å². The molecule has 0 radical (unpaired) electrons. The summed E-state index contributed by atoms with van der Waals surface area (Å²) in [7, 11) is -2.29. The van der Waals surface area contributed by atoms with Crippen LogP contribution in [0.4, 0.5) is 0 Å². The molecule has 32 heavy (non-hydrogen) atoms. The first-order chi connectivity index (χ1) is 15.4. The Morgan fingerprint density at radius 3 is 1.12 bits per heavy atom. The number of hydrogen-bond acceptors (Lipinski definition) is 5. The normalized spacial score (nSPS) is 13.1. The highest BCUT2D eigenvalue weighted by molar-refractivity contribution is 6.67. The smallest absolute Gasteiger partial charge is 0.338 e. The highest BCUT2D eigenvalue weighted by Crippen LogP contribution is 2.36. The number of nitrogens with zero attached hydrogens (tertiary/aromatic N) is 3. The Labute approximate surface area is 203 Å². The van der Waals surface area contributed by atoms with Crippen LogP contribution in [-0.2, 0) is 8.85 Å². The summed E-state index contributed by atoms with van der Waals surface area (Å²) in [6, 6.07) is 2.11. The van der Waals surface area contributed by atoms with Crippen LogP contribution in [0.3, 0.4) is 0 Å². The van der Waals surface area contributed by atoms with E-state index in [0.717, 1.165) is 64.6 Å². The topological polar surface area (TPSA) is 28.2 Å². The van der Waals surface area contributed by atoms with E-state index in [2.05, 4.69) is 77.0 Å². The molecular weight excluding hydrogens is 414 g/mol. The van der Waals surface area contributed by atoms with Gasteiger partial charge in [0, 0.05) is 44.3 Å². The van der Waals surface area contributed by atoms with E-state index < -0.39 is 8.56 Å². The highest BCUT2D eigenvalue weighted by Gasteiger charge is 2.47. The molecule has 0 amide bonds. The summed E-state index contributed by atoms with van der Waals surface area (Å²) in [4.78, 5) is 8.06. The summed E-state index contributed by atoms with van der Waals surface area (Å²) in [5.41, 5.74) is 0.147. The van der Waals surface area contributed by atoms with E-state index in [1.165, 1.54) is 38.9 Å². The molecule has 0 spiro atoms. The summed E-state index contributed by atoms with van der Waals surface area (Å²) < 4.78 is 13.1. The second-order valence-corrected chi connectivity index (χ2v) is 12.9. The van der Waals surface area contributed by atoms with E-state index in [9.17, 15) is 0 Å². The number of hydrogen-bond donors (Lipinski definition) is 0. The van der Waals surface area contributed by atoms with Crippen LogP contribution in [0.25, 0.3) is 0 Å². The van der Waals surface area contributed by atoms with Crippen molar-refractivity contribution < 1.29 is 8.85 Å². The maximum atomic E-state index is 6.56. The van der Waals surface area contributed by atoms with Gasteiger partial charge in [-0.3, -0.25) is 0 Å². The van der Waals surface area contributed by atoms with Crippen molar-refractivity contribution in [2.45, 2.75) is 93.7 Å². The molecule has 0 aliphatic rings. The van der Waals surface area contributed by atoms with Gasteiger partial charge in [0.05, 0.1) is 0 Å². The molecule has 0 rings (SSSR count). The standard InChI is InChI=1S/C26H59N3O2Si/c1-10-19-27(13-4)22-26(23-28(14-5)20-11-2,24-29(15-6)21-12-3)25-32(18-9,30-16-7)31-17-8/h10-25H2,1-9H3. The molecule has 0 bridgehead atoms. The van der Waals surface area contributed by atoms with Crippen molar-refractivity contribution in [3.63, 3.8) is 0 Å². The fourth-order valence-corrected chi connectivity index (χ4v) is 8.78. The zero-order valence-corrected chi connectivity index (χ0v) is 24.5. The minimum absolute atomic E-state index is 0.147. The first-order valence-electron chi connectivity index (χ1n) is 13.8. The Hall–Kier alpha value is 0.0169. The van der Waals surface area contributed by atoms with E-state index in [1.807, 2.05) is 0 Å². The molecule has 0 saturated heterocycles. The van der Waals surface area contributed by atoms with Gasteiger partial charge in [0.25, 0.3) is 0 Å². The molecule has 6 heteroatoms. The summed E-state index contributed by atoms with van der Waals surface area (Å²) in [5, 5.41) is 0. The molecule has 0 heterocycles. The van der Waals surface area contributed by atoms with Gasteiger partial charge in [0.2, 0.25) is 0 Å². The summed E-state index contributed by atoms with van der Waals surface area (Å²) >= 11 is 0. The summed E-state index contributed by atoms with van der Waals surface area (Å²) in [6.45, 7) is 32.2. The molecule has 0 saturated carbocycles. The molecule has 0 aliphatic heterocycles. The van der Waals surface area contributed by atoms with Gasteiger partial charge in [0.15, 0.2) is 0 Å². The van der Waals surface area contributed by atoms with Crippen molar-refractivity contribution in [1.29, 1.82) is 0 Å². The third-order valence-electron chi connectivity index (χ3n) is 6.64. The average molecular weight is 474 g/mol. The van der Waals surface area contributed by atoms with Crippen LogP contribution in [0.15, 0.2) is 0 Å². The second-order valence-electron chi connectivity index (χ2n) is 9.41. The van der Waals surface area contributed by atoms with Crippen LogP contribution in [0.2, 0.25) is 12.1 Å². The van der Waals surface area contributed by atoms with Crippen LogP contribution in [0.5, 0.6) is 0 Å². The largest absolute Gasteiger partial charge is 0.394 e. The lowest BCUT2D eigenvalue weighted by Gasteiger charge is -2.47. The molecule has 0 atom stereocenters. The van der Waals surface area contributed by atoms with Gasteiger partial charge in [-0.1, -0.05) is 48.5 Å². The SMILES string of the molecule is CCCN(CC)CC(CN(CC)CCC)(CN(CC)CCC)C[Si](CC)(OCC)OCC. The zero-order valence-electron chi connectivity index (χ0n) is 23.5. The minimum atomic E-state index is -2.29. The lowest BCUT2D eigenvalue weighted by Crippen LogP contribution is -2.57. The minimum Gasteiger partial charge on any atom is -0.394 e. The molecule has 0 aromatic carbocycles. The summed E-state index contributed by atoms with van der Waals surface area (Å²) in [5.74, 6) is 0. The molecule has 0 aromatic rings. The fraction of sp³-hybridized carbons (Fsp3) is 1.00. The van der Waals surface area contributed by atoms with Crippen molar-refractivity contribution in [3.05, 3.63) is 0 Å². The van der Waals surface area contributed by atoms with Gasteiger partial charge < -0.3 is 23.6 Å². The van der Waals surface area contributed by atoms with Crippen molar-refractivity contribution in [3.8, 4) is 0 Å². The van der Waals surface area contributed by atoms with Crippen LogP contribution in [0.1, 0.15) is 81.6 Å². The quantitative estimate of drug-likeness (QED) is 0.188. The Bertz CT molecular complexity index is 393. The third-order valence-corrected chi connectivity index (χ3v) is 10.6. The number of rotatable bonds is 22. The molecule has 0 N–H and O–H groups in total. The van der Waals surface area contributed by atoms with Gasteiger partial charge >= 0.3 is 8.56 Å². The van der Waals surface area contributed by atoms with E-state index >= 15 is 0 Å². The van der Waals surface area contributed by atoms with E-state index in [1.54, 1.807) is 0 Å². The molecular formula is C26H59N3O2Si. The predicted molar refractivity (Wildman–Crippen MR) is 144 cm³/mol. The molecule has 0 unspecified atom stereocenters. The maximum absolute atomic E-state index is 6.56. The van der Waals surface area contributed by atoms with Gasteiger partial charge in [-0.2, -0.15) is 0 Å². The summed E-state index contributed by atoms with van der Waals surface area (Å²) in [6.07, 6.45) is 3.61. The Kier molecular flexibility index (Phi) is 18.4. The van der Waals surface area contributed by atoms with E-state index in [4.69, 9.17) is 8.85 Å². The fourth-order valence-electron chi connectivity index (χ4n) is 5.31. The average Bonchev–Trinajstić information content (AvgIpc) is 2.78. The zero-order chi connectivity index (χ0) is 24.5. The van der Waals surface area contributed by atoms with Crippen LogP contribution in [-0.4, -0.2) is 95.4 Å². The maximum Gasteiger partial charge on any atom is 0.338 e. The first kappa shape index (κ1) is 32.0. The Balaban J connectivity index is 6.41. The van der Waals surface area contributed by atoms with E-state index in [-0.39, 0.29) is 5.41 Å². The monoisotopic (exact) mass is 473 g/mol. The van der Waals surface area contributed by atoms with Crippen LogP contribution >= 0.6 is 0 Å². The lowest BCUT2D eigenvalue weighted by molar-refractivity contribution is 0.0572. The molecule has 0 aliphatic carbocycles. The first-order valence-corrected chi connectivity index (χ1v) is 16.0. The van der Waals surface area contributed by atoms with Gasteiger partial charge in [-0.15, -0.1) is 0 Å². The molecule has 194 valence electrons. The van der Waals surface area contributed by atoms with Gasteiger partial charge in [-0.25, -0.2) is 0 Å². The van der Waals surface area contributed by atoms with Crippen LogP contribution < -0.4 is 0 Å². The molecule has 0 fully saturated rings. The molecule has 5 nitrogen and oxygen atoms in total.